The summed E-state index contributed by atoms with van der Waals surface area (Å²) in [5, 5.41) is 11.0. The fraction of sp³-hybridized carbons (Fsp3) is 0.0667. The molecule has 1 nitrogen and oxygen atoms in total. The van der Waals surface area contributed by atoms with Crippen LogP contribution in [0.5, 0.6) is 0 Å². The van der Waals surface area contributed by atoms with E-state index < -0.39 is 6.10 Å². The summed E-state index contributed by atoms with van der Waals surface area (Å²) >= 11 is 0. The Balaban J connectivity index is 1.82. The SMILES string of the molecule is OC1CC(=C(c2ccccc2)c2ccccc2)C1=C(c1ccccc1)c1ccccc1. The van der Waals surface area contributed by atoms with E-state index in [1.165, 1.54) is 22.3 Å². The van der Waals surface area contributed by atoms with E-state index >= 15 is 0 Å². The molecule has 1 aliphatic rings. The van der Waals surface area contributed by atoms with Crippen LogP contribution < -0.4 is 0 Å². The molecule has 1 unspecified atom stereocenters. The van der Waals surface area contributed by atoms with Gasteiger partial charge in [0.25, 0.3) is 0 Å². The van der Waals surface area contributed by atoms with Crippen LogP contribution in [-0.4, -0.2) is 11.2 Å². The first-order valence-corrected chi connectivity index (χ1v) is 10.7. The van der Waals surface area contributed by atoms with Crippen LogP contribution in [0.1, 0.15) is 28.7 Å². The van der Waals surface area contributed by atoms with E-state index in [2.05, 4.69) is 97.1 Å². The van der Waals surface area contributed by atoms with Crippen LogP contribution in [0.2, 0.25) is 0 Å². The number of rotatable bonds is 4. The van der Waals surface area contributed by atoms with Crippen molar-refractivity contribution in [2.45, 2.75) is 12.5 Å². The van der Waals surface area contributed by atoms with Gasteiger partial charge in [-0.1, -0.05) is 121 Å². The Bertz CT molecular complexity index is 1140. The first-order chi connectivity index (χ1) is 15.3. The van der Waals surface area contributed by atoms with Gasteiger partial charge in [-0.15, -0.1) is 0 Å². The molecule has 0 aliphatic heterocycles. The van der Waals surface area contributed by atoms with Crippen LogP contribution in [0.3, 0.4) is 0 Å². The lowest BCUT2D eigenvalue weighted by atomic mass is 9.71. The van der Waals surface area contributed by atoms with Crippen molar-refractivity contribution in [2.24, 2.45) is 0 Å². The van der Waals surface area contributed by atoms with Crippen LogP contribution in [0.15, 0.2) is 132 Å². The van der Waals surface area contributed by atoms with Crippen LogP contribution in [0.4, 0.5) is 0 Å². The minimum Gasteiger partial charge on any atom is -0.388 e. The van der Waals surface area contributed by atoms with Gasteiger partial charge in [-0.05, 0) is 44.5 Å². The summed E-state index contributed by atoms with van der Waals surface area (Å²) in [4.78, 5) is 0. The number of hydrogen-bond donors (Lipinski definition) is 1. The molecule has 1 N–H and O–H groups in total. The highest BCUT2D eigenvalue weighted by Crippen LogP contribution is 2.47. The topological polar surface area (TPSA) is 20.2 Å². The average Bonchev–Trinajstić information content (AvgIpc) is 2.84. The monoisotopic (exact) mass is 400 g/mol. The van der Waals surface area contributed by atoms with Gasteiger partial charge in [0.2, 0.25) is 0 Å². The molecule has 1 aliphatic carbocycles. The Kier molecular flexibility index (Phi) is 5.35. The van der Waals surface area contributed by atoms with Crippen molar-refractivity contribution in [3.63, 3.8) is 0 Å². The van der Waals surface area contributed by atoms with Crippen molar-refractivity contribution >= 4 is 11.1 Å². The quantitative estimate of drug-likeness (QED) is 0.401. The van der Waals surface area contributed by atoms with E-state index in [-0.39, 0.29) is 0 Å². The van der Waals surface area contributed by atoms with Gasteiger partial charge in [-0.2, -0.15) is 0 Å². The van der Waals surface area contributed by atoms with E-state index in [0.29, 0.717) is 6.42 Å². The van der Waals surface area contributed by atoms with E-state index in [1.54, 1.807) is 0 Å². The molecular weight excluding hydrogens is 376 g/mol. The third-order valence-electron chi connectivity index (χ3n) is 5.88. The lowest BCUT2D eigenvalue weighted by Gasteiger charge is -2.35. The lowest BCUT2D eigenvalue weighted by molar-refractivity contribution is 0.187. The van der Waals surface area contributed by atoms with Crippen molar-refractivity contribution in [2.75, 3.05) is 0 Å². The summed E-state index contributed by atoms with van der Waals surface area (Å²) < 4.78 is 0. The van der Waals surface area contributed by atoms with Gasteiger partial charge in [0.05, 0.1) is 6.10 Å². The van der Waals surface area contributed by atoms with Crippen molar-refractivity contribution in [1.29, 1.82) is 0 Å². The summed E-state index contributed by atoms with van der Waals surface area (Å²) in [6.45, 7) is 0. The molecule has 1 atom stereocenters. The fourth-order valence-electron chi connectivity index (χ4n) is 4.44. The summed E-state index contributed by atoms with van der Waals surface area (Å²) in [6.07, 6.45) is 0.172. The summed E-state index contributed by atoms with van der Waals surface area (Å²) in [6, 6.07) is 41.8. The Morgan fingerprint density at radius 1 is 0.484 bits per heavy atom. The molecule has 0 heterocycles. The second-order valence-electron chi connectivity index (χ2n) is 7.83. The van der Waals surface area contributed by atoms with Gasteiger partial charge in [0.1, 0.15) is 0 Å². The third-order valence-corrected chi connectivity index (χ3v) is 5.88. The predicted octanol–water partition coefficient (Wildman–Crippen LogP) is 6.76. The Morgan fingerprint density at radius 3 is 1.13 bits per heavy atom. The van der Waals surface area contributed by atoms with Crippen LogP contribution in [0.25, 0.3) is 11.1 Å². The third kappa shape index (κ3) is 3.76. The smallest absolute Gasteiger partial charge is 0.0839 e. The molecule has 1 fully saturated rings. The predicted molar refractivity (Wildman–Crippen MR) is 128 cm³/mol. The van der Waals surface area contributed by atoms with Crippen LogP contribution >= 0.6 is 0 Å². The van der Waals surface area contributed by atoms with Crippen LogP contribution in [-0.2, 0) is 0 Å². The molecule has 31 heavy (non-hydrogen) atoms. The molecule has 4 aromatic carbocycles. The fourth-order valence-corrected chi connectivity index (χ4v) is 4.44. The minimum absolute atomic E-state index is 0.479. The molecule has 0 amide bonds. The van der Waals surface area contributed by atoms with Crippen molar-refractivity contribution < 1.29 is 5.11 Å². The number of hydrogen-bond acceptors (Lipinski definition) is 1. The maximum atomic E-state index is 11.0. The van der Waals surface area contributed by atoms with E-state index in [1.807, 2.05) is 24.3 Å². The summed E-state index contributed by atoms with van der Waals surface area (Å²) in [7, 11) is 0. The van der Waals surface area contributed by atoms with Gasteiger partial charge in [0.15, 0.2) is 0 Å². The molecule has 1 heteroatoms. The Labute approximate surface area is 183 Å². The first kappa shape index (κ1) is 19.3. The van der Waals surface area contributed by atoms with Gasteiger partial charge < -0.3 is 5.11 Å². The molecule has 0 radical (unpaired) electrons. The van der Waals surface area contributed by atoms with E-state index in [4.69, 9.17) is 0 Å². The Hall–Kier alpha value is -3.68. The number of benzene rings is 4. The first-order valence-electron chi connectivity index (χ1n) is 10.7. The highest BCUT2D eigenvalue weighted by molar-refractivity contribution is 5.94. The van der Waals surface area contributed by atoms with Crippen molar-refractivity contribution in [3.05, 3.63) is 155 Å². The highest BCUT2D eigenvalue weighted by Gasteiger charge is 2.34. The number of aliphatic hydroxyl groups excluding tert-OH is 1. The minimum atomic E-state index is -0.479. The molecule has 0 bridgehead atoms. The molecular formula is C30H24O. The maximum absolute atomic E-state index is 11.0. The van der Waals surface area contributed by atoms with E-state index in [9.17, 15) is 5.11 Å². The van der Waals surface area contributed by atoms with Crippen LogP contribution in [0, 0.1) is 0 Å². The van der Waals surface area contributed by atoms with Crippen molar-refractivity contribution in [1.82, 2.24) is 0 Å². The summed E-state index contributed by atoms with van der Waals surface area (Å²) in [5.74, 6) is 0. The second-order valence-corrected chi connectivity index (χ2v) is 7.83. The molecule has 0 aromatic heterocycles. The Morgan fingerprint density at radius 2 is 0.806 bits per heavy atom. The molecule has 4 aromatic rings. The average molecular weight is 401 g/mol. The molecule has 150 valence electrons. The summed E-state index contributed by atoms with van der Waals surface area (Å²) in [5.41, 5.74) is 9.15. The molecule has 0 spiro atoms. The molecule has 1 saturated carbocycles. The molecule has 5 rings (SSSR count). The van der Waals surface area contributed by atoms with E-state index in [0.717, 1.165) is 22.3 Å². The van der Waals surface area contributed by atoms with Gasteiger partial charge in [-0.25, -0.2) is 0 Å². The standard InChI is InChI=1S/C30H24O/c31-27-21-26(28(22-13-5-1-6-14-22)23-15-7-2-8-16-23)30(27)29(24-17-9-3-10-18-24)25-19-11-4-12-20-25/h1-20,27,31H,21H2. The normalized spacial score (nSPS) is 15.3. The van der Waals surface area contributed by atoms with Gasteiger partial charge in [-0.3, -0.25) is 0 Å². The van der Waals surface area contributed by atoms with Gasteiger partial charge in [0, 0.05) is 6.42 Å². The zero-order valence-corrected chi connectivity index (χ0v) is 17.3. The van der Waals surface area contributed by atoms with Gasteiger partial charge >= 0.3 is 0 Å². The maximum Gasteiger partial charge on any atom is 0.0839 e. The molecule has 0 saturated heterocycles. The largest absolute Gasteiger partial charge is 0.388 e. The van der Waals surface area contributed by atoms with Crippen molar-refractivity contribution in [3.8, 4) is 0 Å². The number of aliphatic hydroxyl groups is 1. The highest BCUT2D eigenvalue weighted by atomic mass is 16.3. The zero-order chi connectivity index (χ0) is 21.0. The zero-order valence-electron chi connectivity index (χ0n) is 17.3. The second kappa shape index (κ2) is 8.59. The lowest BCUT2D eigenvalue weighted by Crippen LogP contribution is -2.28.